The molecule has 0 saturated heterocycles. The van der Waals surface area contributed by atoms with Crippen molar-refractivity contribution in [3.8, 4) is 34.4 Å². The third-order valence-corrected chi connectivity index (χ3v) is 9.03. The van der Waals surface area contributed by atoms with Crippen LogP contribution in [0, 0.1) is 0 Å². The first-order chi connectivity index (χ1) is 22.4. The van der Waals surface area contributed by atoms with Crippen molar-refractivity contribution in [2.45, 2.75) is 57.2 Å². The van der Waals surface area contributed by atoms with Crippen LogP contribution in [0.4, 0.5) is 0 Å². The van der Waals surface area contributed by atoms with Gasteiger partial charge < -0.3 is 29.2 Å². The average molecular weight is 649 g/mol. The summed E-state index contributed by atoms with van der Waals surface area (Å²) in [5, 5.41) is 18.0. The smallest absolute Gasteiger partial charge is 0.248 e. The van der Waals surface area contributed by atoms with Crippen LogP contribution in [-0.2, 0) is 22.6 Å². The van der Waals surface area contributed by atoms with Crippen molar-refractivity contribution < 1.29 is 28.5 Å². The molecule has 1 saturated carbocycles. The monoisotopic (exact) mass is 648 g/mol. The zero-order valence-electron chi connectivity index (χ0n) is 26.6. The highest BCUT2D eigenvalue weighted by atomic mass is 32.1. The van der Waals surface area contributed by atoms with Crippen LogP contribution >= 0.6 is 11.3 Å². The van der Waals surface area contributed by atoms with Crippen LogP contribution in [0.3, 0.4) is 0 Å². The number of ether oxygens (including phenoxy) is 4. The lowest BCUT2D eigenvalue weighted by molar-refractivity contribution is -0.142. The zero-order chi connectivity index (χ0) is 32.5. The van der Waals surface area contributed by atoms with Crippen LogP contribution in [0.5, 0.6) is 23.0 Å². The molecule has 5 rings (SSSR count). The van der Waals surface area contributed by atoms with E-state index in [4.69, 9.17) is 18.9 Å². The minimum absolute atomic E-state index is 0.0903. The molecule has 0 aliphatic heterocycles. The van der Waals surface area contributed by atoms with E-state index in [-0.39, 0.29) is 30.9 Å². The lowest BCUT2D eigenvalue weighted by atomic mass is 9.95. The Labute approximate surface area is 272 Å². The SMILES string of the molecule is COc1ccc(CCN(C(=O)Cn2nnc(-c3ccc(OC)c(OC)c3)n2)[C@H](C(=O)NC2CCCCC2)c2cccs2)cc1OC. The molecule has 2 aromatic carbocycles. The summed E-state index contributed by atoms with van der Waals surface area (Å²) in [6, 6.07) is 14.0. The molecule has 0 spiro atoms. The fourth-order valence-corrected chi connectivity index (χ4v) is 6.53. The second kappa shape index (κ2) is 15.6. The van der Waals surface area contributed by atoms with Gasteiger partial charge in [-0.2, -0.15) is 4.80 Å². The predicted octanol–water partition coefficient (Wildman–Crippen LogP) is 4.70. The van der Waals surface area contributed by atoms with Crippen LogP contribution in [0.1, 0.15) is 48.6 Å². The van der Waals surface area contributed by atoms with E-state index in [9.17, 15) is 9.59 Å². The molecule has 244 valence electrons. The second-order valence-corrected chi connectivity index (χ2v) is 12.0. The van der Waals surface area contributed by atoms with E-state index in [2.05, 4.69) is 20.7 Å². The number of nitrogens with zero attached hydrogens (tertiary/aromatic N) is 5. The Morgan fingerprint density at radius 2 is 1.63 bits per heavy atom. The van der Waals surface area contributed by atoms with Crippen LogP contribution in [0.25, 0.3) is 11.4 Å². The van der Waals surface area contributed by atoms with E-state index < -0.39 is 6.04 Å². The van der Waals surface area contributed by atoms with Gasteiger partial charge in [-0.3, -0.25) is 9.59 Å². The van der Waals surface area contributed by atoms with Crippen LogP contribution < -0.4 is 24.3 Å². The number of carbonyl (C=O) groups excluding carboxylic acids is 2. The molecule has 2 aromatic heterocycles. The Morgan fingerprint density at radius 1 is 0.935 bits per heavy atom. The Hall–Kier alpha value is -4.65. The van der Waals surface area contributed by atoms with Crippen molar-refractivity contribution in [3.05, 3.63) is 64.4 Å². The van der Waals surface area contributed by atoms with Gasteiger partial charge in [-0.25, -0.2) is 0 Å². The molecule has 1 atom stereocenters. The summed E-state index contributed by atoms with van der Waals surface area (Å²) >= 11 is 1.45. The number of methoxy groups -OCH3 is 4. The molecule has 4 aromatic rings. The molecule has 1 aliphatic rings. The summed E-state index contributed by atoms with van der Waals surface area (Å²) in [5.74, 6) is 2.14. The first-order valence-corrected chi connectivity index (χ1v) is 16.2. The van der Waals surface area contributed by atoms with Gasteiger partial charge in [0, 0.05) is 23.0 Å². The number of benzene rings is 2. The van der Waals surface area contributed by atoms with Crippen molar-refractivity contribution in [2.24, 2.45) is 0 Å². The van der Waals surface area contributed by atoms with Gasteiger partial charge in [0.1, 0.15) is 12.6 Å². The molecule has 12 nitrogen and oxygen atoms in total. The average Bonchev–Trinajstić information content (AvgIpc) is 3.79. The molecular formula is C33H40N6O6S. The van der Waals surface area contributed by atoms with Gasteiger partial charge in [-0.1, -0.05) is 31.4 Å². The standard InChI is InChI=1S/C33H40N6O6S/c1-42-25-14-12-22(19-27(25)44-3)16-17-38(31(29-11-8-18-46-29)33(41)34-24-9-6-5-7-10-24)30(40)21-39-36-32(35-37-39)23-13-15-26(43-2)28(20-23)45-4/h8,11-15,18-20,24,31H,5-7,9-10,16-17,21H2,1-4H3,(H,34,41)/t31-/m0/s1. The molecule has 46 heavy (non-hydrogen) atoms. The molecule has 0 radical (unpaired) electrons. The maximum atomic E-state index is 14.2. The highest BCUT2D eigenvalue weighted by Crippen LogP contribution is 2.32. The third kappa shape index (κ3) is 7.76. The number of hydrogen-bond donors (Lipinski definition) is 1. The molecule has 2 amide bonds. The number of carbonyl (C=O) groups is 2. The fraction of sp³-hybridized carbons (Fsp3) is 0.424. The summed E-state index contributed by atoms with van der Waals surface area (Å²) < 4.78 is 21.6. The lowest BCUT2D eigenvalue weighted by Crippen LogP contribution is -2.48. The van der Waals surface area contributed by atoms with Gasteiger partial charge in [0.15, 0.2) is 23.0 Å². The van der Waals surface area contributed by atoms with E-state index in [1.165, 1.54) is 22.6 Å². The molecule has 0 bridgehead atoms. The summed E-state index contributed by atoms with van der Waals surface area (Å²) in [6.45, 7) is 0.0665. The number of tetrazole rings is 1. The molecule has 2 heterocycles. The van der Waals surface area contributed by atoms with Gasteiger partial charge in [0.05, 0.1) is 28.4 Å². The van der Waals surface area contributed by atoms with Crippen molar-refractivity contribution >= 4 is 23.2 Å². The summed E-state index contributed by atoms with van der Waals surface area (Å²) in [5.41, 5.74) is 1.59. The topological polar surface area (TPSA) is 130 Å². The fourth-order valence-electron chi connectivity index (χ4n) is 5.69. The quantitative estimate of drug-likeness (QED) is 0.207. The van der Waals surface area contributed by atoms with E-state index in [1.54, 1.807) is 51.5 Å². The molecule has 13 heteroatoms. The van der Waals surface area contributed by atoms with E-state index in [0.717, 1.165) is 36.1 Å². The highest BCUT2D eigenvalue weighted by Gasteiger charge is 2.34. The van der Waals surface area contributed by atoms with Crippen molar-refractivity contribution in [1.82, 2.24) is 30.4 Å². The van der Waals surface area contributed by atoms with E-state index in [1.807, 2.05) is 35.7 Å². The summed E-state index contributed by atoms with van der Waals surface area (Å²) in [6.07, 6.45) is 5.68. The van der Waals surface area contributed by atoms with Gasteiger partial charge in [-0.15, -0.1) is 21.5 Å². The van der Waals surface area contributed by atoms with Gasteiger partial charge in [0.25, 0.3) is 0 Å². The number of aromatic nitrogens is 4. The Kier molecular flexibility index (Phi) is 11.1. The Morgan fingerprint density at radius 3 is 2.30 bits per heavy atom. The van der Waals surface area contributed by atoms with Gasteiger partial charge >= 0.3 is 0 Å². The molecule has 1 N–H and O–H groups in total. The largest absolute Gasteiger partial charge is 0.493 e. The second-order valence-electron chi connectivity index (χ2n) is 11.0. The van der Waals surface area contributed by atoms with Crippen LogP contribution in [-0.4, -0.2) is 77.9 Å². The highest BCUT2D eigenvalue weighted by molar-refractivity contribution is 7.10. The summed E-state index contributed by atoms with van der Waals surface area (Å²) in [7, 11) is 6.29. The normalized spacial score (nSPS) is 13.9. The summed E-state index contributed by atoms with van der Waals surface area (Å²) in [4.78, 5) is 31.8. The predicted molar refractivity (Wildman–Crippen MR) is 173 cm³/mol. The maximum Gasteiger partial charge on any atom is 0.248 e. The first kappa shape index (κ1) is 32.7. The van der Waals surface area contributed by atoms with Crippen molar-refractivity contribution in [2.75, 3.05) is 35.0 Å². The minimum Gasteiger partial charge on any atom is -0.493 e. The first-order valence-electron chi connectivity index (χ1n) is 15.3. The molecule has 1 fully saturated rings. The van der Waals surface area contributed by atoms with Crippen molar-refractivity contribution in [1.29, 1.82) is 0 Å². The number of rotatable bonds is 14. The Balaban J connectivity index is 1.42. The number of thiophene rings is 1. The van der Waals surface area contributed by atoms with Gasteiger partial charge in [0.2, 0.25) is 17.6 Å². The zero-order valence-corrected chi connectivity index (χ0v) is 27.4. The maximum absolute atomic E-state index is 14.2. The van der Waals surface area contributed by atoms with Crippen LogP contribution in [0.15, 0.2) is 53.9 Å². The van der Waals surface area contributed by atoms with Gasteiger partial charge in [-0.05, 0) is 71.8 Å². The third-order valence-electron chi connectivity index (χ3n) is 8.11. The number of nitrogens with one attached hydrogen (secondary N) is 1. The molecule has 0 unspecified atom stereocenters. The molecular weight excluding hydrogens is 608 g/mol. The number of amides is 2. The van der Waals surface area contributed by atoms with E-state index in [0.29, 0.717) is 40.8 Å². The molecule has 1 aliphatic carbocycles. The van der Waals surface area contributed by atoms with Crippen LogP contribution in [0.2, 0.25) is 0 Å². The van der Waals surface area contributed by atoms with Crippen molar-refractivity contribution in [3.63, 3.8) is 0 Å². The Bertz CT molecular complexity index is 1600. The lowest BCUT2D eigenvalue weighted by Gasteiger charge is -2.32. The van der Waals surface area contributed by atoms with E-state index >= 15 is 0 Å². The number of hydrogen-bond acceptors (Lipinski definition) is 10. The minimum atomic E-state index is -0.816.